The van der Waals surface area contributed by atoms with Crippen LogP contribution in [0.4, 0.5) is 5.69 Å². The highest BCUT2D eigenvalue weighted by Gasteiger charge is 2.03. The molecular formula is C14H22N2O3. The largest absolute Gasteiger partial charge is 0.399 e. The Hall–Kier alpha value is -1.59. The summed E-state index contributed by atoms with van der Waals surface area (Å²) in [5, 5.41) is 11.3. The number of hydrogen-bond acceptors (Lipinski definition) is 4. The van der Waals surface area contributed by atoms with Gasteiger partial charge in [0.2, 0.25) is 5.91 Å². The molecule has 1 rings (SSSR count). The molecule has 0 unspecified atom stereocenters. The van der Waals surface area contributed by atoms with Crippen LogP contribution in [-0.2, 0) is 16.0 Å². The second-order valence-corrected chi connectivity index (χ2v) is 4.24. The quantitative estimate of drug-likeness (QED) is 0.454. The number of nitrogens with two attached hydrogens (primary N) is 1. The molecule has 1 aromatic carbocycles. The van der Waals surface area contributed by atoms with E-state index in [9.17, 15) is 4.79 Å². The standard InChI is InChI=1S/C14H22N2O3/c15-13-5-2-1-4-12(13)6-7-14(18)16-8-3-10-19-11-9-17/h1-2,4-5,17H,3,6-11,15H2,(H,16,18). The van der Waals surface area contributed by atoms with Crippen LogP contribution in [0.5, 0.6) is 0 Å². The summed E-state index contributed by atoms with van der Waals surface area (Å²) >= 11 is 0. The third-order valence-electron chi connectivity index (χ3n) is 2.70. The minimum absolute atomic E-state index is 0.0189. The number of aliphatic hydroxyl groups is 1. The molecule has 0 bridgehead atoms. The minimum Gasteiger partial charge on any atom is -0.399 e. The van der Waals surface area contributed by atoms with Gasteiger partial charge in [-0.15, -0.1) is 0 Å². The van der Waals surface area contributed by atoms with Gasteiger partial charge in [-0.05, 0) is 24.5 Å². The molecule has 5 nitrogen and oxygen atoms in total. The lowest BCUT2D eigenvalue weighted by atomic mass is 10.1. The number of para-hydroxylation sites is 1. The molecule has 106 valence electrons. The Labute approximate surface area is 113 Å². The van der Waals surface area contributed by atoms with Crippen molar-refractivity contribution in [3.8, 4) is 0 Å². The first kappa shape index (κ1) is 15.5. The molecule has 0 saturated carbocycles. The number of amides is 1. The molecule has 5 heteroatoms. The number of carbonyl (C=O) groups is 1. The van der Waals surface area contributed by atoms with Gasteiger partial charge in [-0.3, -0.25) is 4.79 Å². The maximum absolute atomic E-state index is 11.6. The molecule has 0 atom stereocenters. The monoisotopic (exact) mass is 266 g/mol. The first-order valence-electron chi connectivity index (χ1n) is 6.52. The van der Waals surface area contributed by atoms with Crippen molar-refractivity contribution in [3.05, 3.63) is 29.8 Å². The molecule has 0 heterocycles. The van der Waals surface area contributed by atoms with Crippen LogP contribution in [0.1, 0.15) is 18.4 Å². The number of aryl methyl sites for hydroxylation is 1. The average molecular weight is 266 g/mol. The van der Waals surface area contributed by atoms with Crippen molar-refractivity contribution in [2.24, 2.45) is 0 Å². The topological polar surface area (TPSA) is 84.6 Å². The Morgan fingerprint density at radius 3 is 2.84 bits per heavy atom. The molecule has 0 aromatic heterocycles. The van der Waals surface area contributed by atoms with E-state index < -0.39 is 0 Å². The summed E-state index contributed by atoms with van der Waals surface area (Å²) in [7, 11) is 0. The lowest BCUT2D eigenvalue weighted by Crippen LogP contribution is -2.25. The molecule has 4 N–H and O–H groups in total. The number of carbonyl (C=O) groups excluding carboxylic acids is 1. The zero-order chi connectivity index (χ0) is 13.9. The van der Waals surface area contributed by atoms with E-state index in [4.69, 9.17) is 15.6 Å². The van der Waals surface area contributed by atoms with Crippen molar-refractivity contribution < 1.29 is 14.6 Å². The van der Waals surface area contributed by atoms with Crippen LogP contribution in [0.2, 0.25) is 0 Å². The third-order valence-corrected chi connectivity index (χ3v) is 2.70. The van der Waals surface area contributed by atoms with E-state index in [1.165, 1.54) is 0 Å². The predicted molar refractivity (Wildman–Crippen MR) is 74.7 cm³/mol. The van der Waals surface area contributed by atoms with Gasteiger partial charge in [0.1, 0.15) is 0 Å². The SMILES string of the molecule is Nc1ccccc1CCC(=O)NCCCOCCO. The van der Waals surface area contributed by atoms with E-state index in [0.29, 0.717) is 32.6 Å². The summed E-state index contributed by atoms with van der Waals surface area (Å²) in [6.07, 6.45) is 1.84. The molecule has 0 saturated heterocycles. The predicted octanol–water partition coefficient (Wildman–Crippen LogP) is 0.717. The fraction of sp³-hybridized carbons (Fsp3) is 0.500. The molecule has 0 aliphatic carbocycles. The number of benzene rings is 1. The van der Waals surface area contributed by atoms with Gasteiger partial charge >= 0.3 is 0 Å². The fourth-order valence-corrected chi connectivity index (χ4v) is 1.67. The summed E-state index contributed by atoms with van der Waals surface area (Å²) in [4.78, 5) is 11.6. The van der Waals surface area contributed by atoms with Gasteiger partial charge in [0.15, 0.2) is 0 Å². The fourth-order valence-electron chi connectivity index (χ4n) is 1.67. The Bertz CT molecular complexity index is 383. The van der Waals surface area contributed by atoms with Crippen molar-refractivity contribution in [2.45, 2.75) is 19.3 Å². The summed E-state index contributed by atoms with van der Waals surface area (Å²) < 4.78 is 5.09. The van der Waals surface area contributed by atoms with E-state index in [-0.39, 0.29) is 12.5 Å². The molecule has 0 spiro atoms. The normalized spacial score (nSPS) is 10.4. The van der Waals surface area contributed by atoms with Crippen LogP contribution in [-0.4, -0.2) is 37.4 Å². The van der Waals surface area contributed by atoms with Gasteiger partial charge in [-0.25, -0.2) is 0 Å². The second kappa shape index (κ2) is 9.35. The summed E-state index contributed by atoms with van der Waals surface area (Å²) in [5.74, 6) is 0.0189. The molecular weight excluding hydrogens is 244 g/mol. The van der Waals surface area contributed by atoms with Gasteiger partial charge in [0.05, 0.1) is 13.2 Å². The van der Waals surface area contributed by atoms with E-state index in [2.05, 4.69) is 5.32 Å². The average Bonchev–Trinajstić information content (AvgIpc) is 2.42. The summed E-state index contributed by atoms with van der Waals surface area (Å²) in [6, 6.07) is 7.57. The first-order chi connectivity index (χ1) is 9.24. The maximum atomic E-state index is 11.6. The first-order valence-corrected chi connectivity index (χ1v) is 6.52. The molecule has 0 fully saturated rings. The maximum Gasteiger partial charge on any atom is 0.220 e. The molecule has 19 heavy (non-hydrogen) atoms. The number of aliphatic hydroxyl groups excluding tert-OH is 1. The number of hydrogen-bond donors (Lipinski definition) is 3. The minimum atomic E-state index is 0.0189. The second-order valence-electron chi connectivity index (χ2n) is 4.24. The molecule has 1 aromatic rings. The van der Waals surface area contributed by atoms with Crippen LogP contribution in [0.15, 0.2) is 24.3 Å². The van der Waals surface area contributed by atoms with Crippen molar-refractivity contribution >= 4 is 11.6 Å². The van der Waals surface area contributed by atoms with Gasteiger partial charge in [-0.2, -0.15) is 0 Å². The molecule has 0 aliphatic heterocycles. The van der Waals surface area contributed by atoms with Crippen LogP contribution in [0.3, 0.4) is 0 Å². The molecule has 0 aliphatic rings. The Balaban J connectivity index is 2.10. The number of nitrogen functional groups attached to an aromatic ring is 1. The van der Waals surface area contributed by atoms with Gasteiger partial charge in [-0.1, -0.05) is 18.2 Å². The highest BCUT2D eigenvalue weighted by atomic mass is 16.5. The van der Waals surface area contributed by atoms with E-state index in [1.54, 1.807) is 0 Å². The van der Waals surface area contributed by atoms with Gasteiger partial charge in [0.25, 0.3) is 0 Å². The third kappa shape index (κ3) is 6.79. The zero-order valence-corrected chi connectivity index (χ0v) is 11.1. The molecule has 0 radical (unpaired) electrons. The molecule has 1 amide bonds. The van der Waals surface area contributed by atoms with Crippen molar-refractivity contribution in [2.75, 3.05) is 32.1 Å². The Kier molecular flexibility index (Phi) is 7.62. The van der Waals surface area contributed by atoms with Crippen molar-refractivity contribution in [1.82, 2.24) is 5.32 Å². The van der Waals surface area contributed by atoms with Crippen molar-refractivity contribution in [3.63, 3.8) is 0 Å². The van der Waals surface area contributed by atoms with Crippen LogP contribution in [0.25, 0.3) is 0 Å². The Morgan fingerprint density at radius 1 is 1.32 bits per heavy atom. The number of anilines is 1. The van der Waals surface area contributed by atoms with Crippen LogP contribution < -0.4 is 11.1 Å². The zero-order valence-electron chi connectivity index (χ0n) is 11.1. The number of nitrogens with one attached hydrogen (secondary N) is 1. The lowest BCUT2D eigenvalue weighted by Gasteiger charge is -2.07. The van der Waals surface area contributed by atoms with Gasteiger partial charge < -0.3 is 20.9 Å². The smallest absolute Gasteiger partial charge is 0.220 e. The van der Waals surface area contributed by atoms with Crippen LogP contribution >= 0.6 is 0 Å². The highest BCUT2D eigenvalue weighted by molar-refractivity contribution is 5.76. The highest BCUT2D eigenvalue weighted by Crippen LogP contribution is 2.12. The van der Waals surface area contributed by atoms with Crippen molar-refractivity contribution in [1.29, 1.82) is 0 Å². The van der Waals surface area contributed by atoms with Gasteiger partial charge in [0, 0.05) is 25.3 Å². The Morgan fingerprint density at radius 2 is 2.11 bits per heavy atom. The summed E-state index contributed by atoms with van der Waals surface area (Å²) in [6.45, 7) is 1.52. The number of rotatable bonds is 9. The number of ether oxygens (including phenoxy) is 1. The lowest BCUT2D eigenvalue weighted by molar-refractivity contribution is -0.121. The van der Waals surface area contributed by atoms with E-state index in [1.807, 2.05) is 24.3 Å². The van der Waals surface area contributed by atoms with E-state index in [0.717, 1.165) is 17.7 Å². The summed E-state index contributed by atoms with van der Waals surface area (Å²) in [5.41, 5.74) is 7.54. The van der Waals surface area contributed by atoms with Crippen LogP contribution in [0, 0.1) is 0 Å². The van der Waals surface area contributed by atoms with E-state index >= 15 is 0 Å².